The third-order valence-electron chi connectivity index (χ3n) is 6.58. The topological polar surface area (TPSA) is 71.1 Å². The fourth-order valence-corrected chi connectivity index (χ4v) is 6.15. The lowest BCUT2D eigenvalue weighted by molar-refractivity contribution is -0.123. The minimum Gasteiger partial charge on any atom is -0.497 e. The van der Waals surface area contributed by atoms with Gasteiger partial charge in [0, 0.05) is 23.5 Å². The molecule has 2 heterocycles. The second kappa shape index (κ2) is 9.19. The van der Waals surface area contributed by atoms with Crippen molar-refractivity contribution in [1.82, 2.24) is 4.90 Å². The van der Waals surface area contributed by atoms with Gasteiger partial charge in [-0.1, -0.05) is 24.3 Å². The third kappa shape index (κ3) is 3.87. The number of fused-ring (bicyclic) bond motifs is 2. The first-order valence-electron chi connectivity index (χ1n) is 11.4. The number of urea groups is 1. The van der Waals surface area contributed by atoms with E-state index in [-0.39, 0.29) is 11.9 Å². The molecule has 5 rings (SSSR count). The zero-order valence-electron chi connectivity index (χ0n) is 19.9. The summed E-state index contributed by atoms with van der Waals surface area (Å²) < 4.78 is 10.7. The van der Waals surface area contributed by atoms with Crippen LogP contribution in [-0.4, -0.2) is 43.4 Å². The van der Waals surface area contributed by atoms with Gasteiger partial charge in [0.05, 0.1) is 26.5 Å². The summed E-state index contributed by atoms with van der Waals surface area (Å²) in [6.45, 7) is 2.92. The zero-order valence-corrected chi connectivity index (χ0v) is 20.7. The number of nitrogens with one attached hydrogen (secondary N) is 1. The molecule has 35 heavy (non-hydrogen) atoms. The second-order valence-electron chi connectivity index (χ2n) is 8.50. The smallest absolute Gasteiger partial charge is 0.323 e. The van der Waals surface area contributed by atoms with Crippen molar-refractivity contribution in [1.29, 1.82) is 0 Å². The average molecular weight is 490 g/mol. The summed E-state index contributed by atoms with van der Waals surface area (Å²) in [6, 6.07) is 20.5. The van der Waals surface area contributed by atoms with Crippen LogP contribution in [0.15, 0.2) is 66.7 Å². The van der Waals surface area contributed by atoms with Gasteiger partial charge in [0.15, 0.2) is 4.87 Å². The molecule has 3 aromatic rings. The van der Waals surface area contributed by atoms with Crippen molar-refractivity contribution in [2.45, 2.75) is 18.3 Å². The van der Waals surface area contributed by atoms with E-state index in [0.29, 0.717) is 36.0 Å². The minimum atomic E-state index is -1.15. The lowest BCUT2D eigenvalue weighted by Gasteiger charge is -2.33. The Balaban J connectivity index is 1.53. The number of methoxy groups -OCH3 is 2. The number of thioether (sulfide) groups is 1. The van der Waals surface area contributed by atoms with Gasteiger partial charge in [0.1, 0.15) is 11.5 Å². The van der Waals surface area contributed by atoms with Crippen molar-refractivity contribution < 1.29 is 19.1 Å². The average Bonchev–Trinajstić information content (AvgIpc) is 3.42. The molecular weight excluding hydrogens is 462 g/mol. The van der Waals surface area contributed by atoms with Gasteiger partial charge in [-0.3, -0.25) is 9.69 Å². The fraction of sp³-hybridized carbons (Fsp3) is 0.259. The Morgan fingerprint density at radius 2 is 1.74 bits per heavy atom. The molecular formula is C27H27N3O4S. The first kappa shape index (κ1) is 23.1. The Morgan fingerprint density at radius 1 is 1.03 bits per heavy atom. The first-order chi connectivity index (χ1) is 17.0. The third-order valence-corrected chi connectivity index (χ3v) is 8.00. The Labute approximate surface area is 209 Å². The number of carbonyl (C=O) groups is 2. The predicted octanol–water partition coefficient (Wildman–Crippen LogP) is 4.99. The molecule has 1 saturated heterocycles. The van der Waals surface area contributed by atoms with Crippen molar-refractivity contribution in [2.75, 3.05) is 36.7 Å². The van der Waals surface area contributed by atoms with Crippen LogP contribution in [0.5, 0.6) is 11.5 Å². The predicted molar refractivity (Wildman–Crippen MR) is 138 cm³/mol. The molecule has 3 aromatic carbocycles. The van der Waals surface area contributed by atoms with Crippen molar-refractivity contribution in [3.05, 3.63) is 83.4 Å². The van der Waals surface area contributed by atoms with Gasteiger partial charge in [-0.25, -0.2) is 4.79 Å². The van der Waals surface area contributed by atoms with E-state index in [1.54, 1.807) is 48.3 Å². The van der Waals surface area contributed by atoms with Gasteiger partial charge in [-0.15, -0.1) is 11.8 Å². The summed E-state index contributed by atoms with van der Waals surface area (Å²) >= 11 is 1.49. The highest BCUT2D eigenvalue weighted by Gasteiger charge is 2.59. The monoisotopic (exact) mass is 489 g/mol. The number of ether oxygens (including phenoxy) is 2. The van der Waals surface area contributed by atoms with Crippen LogP contribution in [-0.2, 0) is 16.2 Å². The summed E-state index contributed by atoms with van der Waals surface area (Å²) in [6.07, 6.45) is 0. The molecule has 1 spiro atoms. The van der Waals surface area contributed by atoms with E-state index in [9.17, 15) is 9.59 Å². The standard InChI is InChI=1S/C27H27N3O4S/c1-18-6-4-5-7-19(18)17-29-24-13-12-22(34-3)16-23(24)27(25(29)31)30(14-15-35-27)26(32)28-20-8-10-21(33-2)11-9-20/h4-13,16H,14-15,17H2,1-3H3,(H,28,32). The number of benzene rings is 3. The van der Waals surface area contributed by atoms with Crippen molar-refractivity contribution in [2.24, 2.45) is 0 Å². The van der Waals surface area contributed by atoms with Crippen molar-refractivity contribution in [3.8, 4) is 11.5 Å². The molecule has 0 radical (unpaired) electrons. The van der Waals surface area contributed by atoms with Gasteiger partial charge in [0.25, 0.3) is 5.91 Å². The second-order valence-corrected chi connectivity index (χ2v) is 9.79. The number of rotatable bonds is 5. The maximum absolute atomic E-state index is 14.2. The lowest BCUT2D eigenvalue weighted by Crippen LogP contribution is -2.51. The van der Waals surface area contributed by atoms with E-state index in [1.165, 1.54) is 11.8 Å². The lowest BCUT2D eigenvalue weighted by atomic mass is 10.1. The van der Waals surface area contributed by atoms with E-state index in [2.05, 4.69) is 5.32 Å². The largest absolute Gasteiger partial charge is 0.497 e. The first-order valence-corrected chi connectivity index (χ1v) is 12.4. The molecule has 0 saturated carbocycles. The van der Waals surface area contributed by atoms with Crippen LogP contribution >= 0.6 is 11.8 Å². The molecule has 1 atom stereocenters. The van der Waals surface area contributed by atoms with Gasteiger partial charge in [-0.2, -0.15) is 0 Å². The molecule has 0 bridgehead atoms. The van der Waals surface area contributed by atoms with Gasteiger partial charge < -0.3 is 19.7 Å². The Kier molecular flexibility index (Phi) is 6.06. The molecule has 1 unspecified atom stereocenters. The van der Waals surface area contributed by atoms with Crippen LogP contribution in [0, 0.1) is 6.92 Å². The van der Waals surface area contributed by atoms with E-state index >= 15 is 0 Å². The maximum atomic E-state index is 14.2. The molecule has 7 nitrogen and oxygen atoms in total. The Bertz CT molecular complexity index is 1280. The fourth-order valence-electron chi connectivity index (χ4n) is 4.70. The maximum Gasteiger partial charge on any atom is 0.323 e. The molecule has 2 aliphatic heterocycles. The van der Waals surface area contributed by atoms with Crippen molar-refractivity contribution in [3.63, 3.8) is 0 Å². The summed E-state index contributed by atoms with van der Waals surface area (Å²) in [5, 5.41) is 2.96. The normalized spacial score (nSPS) is 18.7. The van der Waals surface area contributed by atoms with Crippen LogP contribution in [0.3, 0.4) is 0 Å². The van der Waals surface area contributed by atoms with E-state index in [1.807, 2.05) is 49.4 Å². The van der Waals surface area contributed by atoms with Gasteiger partial charge in [-0.05, 0) is 60.5 Å². The van der Waals surface area contributed by atoms with Crippen LogP contribution < -0.4 is 19.7 Å². The molecule has 1 fully saturated rings. The highest BCUT2D eigenvalue weighted by molar-refractivity contribution is 8.01. The molecule has 2 aliphatic rings. The summed E-state index contributed by atoms with van der Waals surface area (Å²) in [4.78, 5) is 30.0. The van der Waals surface area contributed by atoms with Crippen molar-refractivity contribution >= 4 is 35.1 Å². The quantitative estimate of drug-likeness (QED) is 0.547. The number of carbonyl (C=O) groups excluding carboxylic acids is 2. The molecule has 8 heteroatoms. The van der Waals surface area contributed by atoms with Crippen LogP contribution in [0.4, 0.5) is 16.2 Å². The van der Waals surface area contributed by atoms with E-state index in [4.69, 9.17) is 9.47 Å². The molecule has 180 valence electrons. The molecule has 3 amide bonds. The Hall–Kier alpha value is -3.65. The number of aryl methyl sites for hydroxylation is 1. The number of hydrogen-bond donors (Lipinski definition) is 1. The number of nitrogens with zero attached hydrogens (tertiary/aromatic N) is 2. The highest BCUT2D eigenvalue weighted by Crippen LogP contribution is 2.55. The summed E-state index contributed by atoms with van der Waals surface area (Å²) in [7, 11) is 3.20. The summed E-state index contributed by atoms with van der Waals surface area (Å²) in [5.41, 5.74) is 4.40. The summed E-state index contributed by atoms with van der Waals surface area (Å²) in [5.74, 6) is 1.89. The van der Waals surface area contributed by atoms with Crippen LogP contribution in [0.25, 0.3) is 0 Å². The molecule has 0 aliphatic carbocycles. The van der Waals surface area contributed by atoms with Gasteiger partial charge >= 0.3 is 6.03 Å². The minimum absolute atomic E-state index is 0.114. The van der Waals surface area contributed by atoms with E-state index in [0.717, 1.165) is 22.4 Å². The van der Waals surface area contributed by atoms with Crippen LogP contribution in [0.1, 0.15) is 16.7 Å². The van der Waals surface area contributed by atoms with Gasteiger partial charge in [0.2, 0.25) is 0 Å². The molecule has 1 N–H and O–H groups in total. The van der Waals surface area contributed by atoms with E-state index < -0.39 is 4.87 Å². The highest BCUT2D eigenvalue weighted by atomic mass is 32.2. The number of hydrogen-bond acceptors (Lipinski definition) is 5. The number of anilines is 2. The molecule has 0 aromatic heterocycles. The zero-order chi connectivity index (χ0) is 24.6. The SMILES string of the molecule is COc1ccc(NC(=O)N2CCSC23C(=O)N(Cc2ccccc2C)c2ccc(OC)cc23)cc1. The number of amides is 3. The Morgan fingerprint density at radius 3 is 2.46 bits per heavy atom. The van der Waals surface area contributed by atoms with Crippen LogP contribution in [0.2, 0.25) is 0 Å².